The molecule has 0 radical (unpaired) electrons. The SMILES string of the molecule is CCCN1CCN(Cc2cc(Cl)cc(C(C)=O)c2O)CC1. The number of phenolic OH excluding ortho intramolecular Hbond substituents is 1. The predicted octanol–water partition coefficient (Wildman–Crippen LogP) is 2.78. The number of benzene rings is 1. The average molecular weight is 311 g/mol. The van der Waals surface area contributed by atoms with Gasteiger partial charge >= 0.3 is 0 Å². The van der Waals surface area contributed by atoms with Gasteiger partial charge in [-0.25, -0.2) is 0 Å². The number of hydrogen-bond donors (Lipinski definition) is 1. The summed E-state index contributed by atoms with van der Waals surface area (Å²) in [6.07, 6.45) is 1.18. The first-order valence-corrected chi connectivity index (χ1v) is 7.86. The van der Waals surface area contributed by atoms with E-state index in [1.807, 2.05) is 0 Å². The van der Waals surface area contributed by atoms with E-state index < -0.39 is 0 Å². The summed E-state index contributed by atoms with van der Waals surface area (Å²) in [4.78, 5) is 16.3. The number of rotatable bonds is 5. The Kier molecular flexibility index (Phi) is 5.62. The van der Waals surface area contributed by atoms with Crippen LogP contribution in [0.5, 0.6) is 5.75 Å². The van der Waals surface area contributed by atoms with Crippen molar-refractivity contribution >= 4 is 17.4 Å². The van der Waals surface area contributed by atoms with Gasteiger partial charge in [0.2, 0.25) is 0 Å². The largest absolute Gasteiger partial charge is 0.507 e. The van der Waals surface area contributed by atoms with Crippen molar-refractivity contribution in [1.29, 1.82) is 0 Å². The predicted molar refractivity (Wildman–Crippen MR) is 85.1 cm³/mol. The van der Waals surface area contributed by atoms with Crippen LogP contribution in [0.4, 0.5) is 0 Å². The molecule has 0 aliphatic carbocycles. The van der Waals surface area contributed by atoms with Gasteiger partial charge in [-0.3, -0.25) is 9.69 Å². The lowest BCUT2D eigenvalue weighted by Crippen LogP contribution is -2.46. The maximum absolute atomic E-state index is 11.5. The highest BCUT2D eigenvalue weighted by Gasteiger charge is 2.19. The lowest BCUT2D eigenvalue weighted by Gasteiger charge is -2.34. The zero-order valence-electron chi connectivity index (χ0n) is 12.7. The molecule has 1 aromatic rings. The molecule has 0 saturated carbocycles. The van der Waals surface area contributed by atoms with Crippen molar-refractivity contribution < 1.29 is 9.90 Å². The molecule has 0 unspecified atom stereocenters. The molecule has 4 nitrogen and oxygen atoms in total. The van der Waals surface area contributed by atoms with E-state index in [0.717, 1.165) is 38.3 Å². The van der Waals surface area contributed by atoms with Crippen LogP contribution < -0.4 is 0 Å². The smallest absolute Gasteiger partial charge is 0.163 e. The summed E-state index contributed by atoms with van der Waals surface area (Å²) in [7, 11) is 0. The summed E-state index contributed by atoms with van der Waals surface area (Å²) in [5, 5.41) is 10.7. The van der Waals surface area contributed by atoms with E-state index in [-0.39, 0.29) is 11.5 Å². The number of carbonyl (C=O) groups is 1. The average Bonchev–Trinajstić information content (AvgIpc) is 2.44. The van der Waals surface area contributed by atoms with Gasteiger partial charge in [0.05, 0.1) is 5.56 Å². The molecule has 0 spiro atoms. The third kappa shape index (κ3) is 4.19. The minimum atomic E-state index is -0.163. The lowest BCUT2D eigenvalue weighted by atomic mass is 10.0. The number of carbonyl (C=O) groups excluding carboxylic acids is 1. The Hall–Kier alpha value is -1.10. The monoisotopic (exact) mass is 310 g/mol. The van der Waals surface area contributed by atoms with Gasteiger partial charge in [0, 0.05) is 43.3 Å². The van der Waals surface area contributed by atoms with E-state index in [4.69, 9.17) is 11.6 Å². The van der Waals surface area contributed by atoms with Crippen LogP contribution in [0.25, 0.3) is 0 Å². The van der Waals surface area contributed by atoms with E-state index in [1.54, 1.807) is 6.07 Å². The first-order valence-electron chi connectivity index (χ1n) is 7.48. The Morgan fingerprint density at radius 3 is 2.43 bits per heavy atom. The summed E-state index contributed by atoms with van der Waals surface area (Å²) >= 11 is 6.06. The number of nitrogens with zero attached hydrogens (tertiary/aromatic N) is 2. The Bertz CT molecular complexity index is 511. The molecule has 5 heteroatoms. The molecule has 1 aromatic carbocycles. The molecular weight excluding hydrogens is 288 g/mol. The van der Waals surface area contributed by atoms with Gasteiger partial charge in [-0.1, -0.05) is 18.5 Å². The summed E-state index contributed by atoms with van der Waals surface area (Å²) < 4.78 is 0. The Labute approximate surface area is 131 Å². The molecule has 0 atom stereocenters. The molecule has 1 aliphatic heterocycles. The number of piperazine rings is 1. The molecule has 0 amide bonds. The number of aromatic hydroxyl groups is 1. The molecule has 1 fully saturated rings. The Morgan fingerprint density at radius 2 is 1.86 bits per heavy atom. The molecule has 1 heterocycles. The van der Waals surface area contributed by atoms with Gasteiger partial charge in [-0.2, -0.15) is 0 Å². The van der Waals surface area contributed by atoms with Crippen LogP contribution >= 0.6 is 11.6 Å². The maximum atomic E-state index is 11.5. The van der Waals surface area contributed by atoms with E-state index in [9.17, 15) is 9.90 Å². The number of ketones is 1. The zero-order chi connectivity index (χ0) is 15.4. The van der Waals surface area contributed by atoms with Crippen LogP contribution in [0.15, 0.2) is 12.1 Å². The van der Waals surface area contributed by atoms with Crippen molar-refractivity contribution in [2.75, 3.05) is 32.7 Å². The molecule has 0 bridgehead atoms. The van der Waals surface area contributed by atoms with Gasteiger partial charge in [0.1, 0.15) is 5.75 Å². The fourth-order valence-corrected chi connectivity index (χ4v) is 3.01. The Balaban J connectivity index is 2.05. The van der Waals surface area contributed by atoms with Crippen LogP contribution in [0.1, 0.15) is 36.2 Å². The summed E-state index contributed by atoms with van der Waals surface area (Å²) in [5.74, 6) is -0.0908. The second-order valence-corrected chi connectivity index (χ2v) is 6.07. The normalized spacial score (nSPS) is 17.1. The van der Waals surface area contributed by atoms with Crippen LogP contribution in [-0.4, -0.2) is 53.4 Å². The topological polar surface area (TPSA) is 43.8 Å². The van der Waals surface area contributed by atoms with E-state index >= 15 is 0 Å². The lowest BCUT2D eigenvalue weighted by molar-refractivity contribution is 0.101. The zero-order valence-corrected chi connectivity index (χ0v) is 13.5. The third-order valence-corrected chi connectivity index (χ3v) is 4.15. The molecule has 116 valence electrons. The van der Waals surface area contributed by atoms with E-state index in [0.29, 0.717) is 17.1 Å². The minimum absolute atomic E-state index is 0.0721. The molecule has 1 saturated heterocycles. The summed E-state index contributed by atoms with van der Waals surface area (Å²) in [6.45, 7) is 9.46. The number of Topliss-reactive ketones (excluding diaryl/α,β-unsaturated/α-hetero) is 1. The van der Waals surface area contributed by atoms with Crippen molar-refractivity contribution in [2.24, 2.45) is 0 Å². The number of halogens is 1. The van der Waals surface area contributed by atoms with Crippen molar-refractivity contribution in [3.05, 3.63) is 28.3 Å². The molecule has 1 aliphatic rings. The molecule has 1 N–H and O–H groups in total. The highest BCUT2D eigenvalue weighted by molar-refractivity contribution is 6.31. The van der Waals surface area contributed by atoms with Crippen LogP contribution in [0, 0.1) is 0 Å². The van der Waals surface area contributed by atoms with E-state index in [2.05, 4.69) is 16.7 Å². The Morgan fingerprint density at radius 1 is 1.24 bits per heavy atom. The van der Waals surface area contributed by atoms with Crippen molar-refractivity contribution in [3.63, 3.8) is 0 Å². The number of phenols is 1. The highest BCUT2D eigenvalue weighted by Crippen LogP contribution is 2.29. The first-order chi connectivity index (χ1) is 10.0. The third-order valence-electron chi connectivity index (χ3n) is 3.93. The molecular formula is C16H23ClN2O2. The second-order valence-electron chi connectivity index (χ2n) is 5.64. The highest BCUT2D eigenvalue weighted by atomic mass is 35.5. The fourth-order valence-electron chi connectivity index (χ4n) is 2.77. The van der Waals surface area contributed by atoms with Gasteiger partial charge < -0.3 is 10.0 Å². The second kappa shape index (κ2) is 7.25. The van der Waals surface area contributed by atoms with Gasteiger partial charge in [-0.15, -0.1) is 0 Å². The molecule has 0 aromatic heterocycles. The van der Waals surface area contributed by atoms with Gasteiger partial charge in [-0.05, 0) is 32.0 Å². The van der Waals surface area contributed by atoms with Crippen molar-refractivity contribution in [3.8, 4) is 5.75 Å². The standard InChI is InChI=1S/C16H23ClN2O2/c1-3-4-18-5-7-19(8-6-18)11-13-9-14(17)10-15(12(2)20)16(13)21/h9-10,21H,3-8,11H2,1-2H3. The maximum Gasteiger partial charge on any atom is 0.163 e. The summed E-state index contributed by atoms with van der Waals surface area (Å²) in [6, 6.07) is 3.28. The quantitative estimate of drug-likeness (QED) is 0.849. The number of hydrogen-bond acceptors (Lipinski definition) is 4. The van der Waals surface area contributed by atoms with Crippen LogP contribution in [0.2, 0.25) is 5.02 Å². The summed E-state index contributed by atoms with van der Waals surface area (Å²) in [5.41, 5.74) is 1.04. The first kappa shape index (κ1) is 16.3. The van der Waals surface area contributed by atoms with Gasteiger partial charge in [0.25, 0.3) is 0 Å². The van der Waals surface area contributed by atoms with Gasteiger partial charge in [0.15, 0.2) is 5.78 Å². The van der Waals surface area contributed by atoms with E-state index in [1.165, 1.54) is 19.4 Å². The van der Waals surface area contributed by atoms with Crippen LogP contribution in [0.3, 0.4) is 0 Å². The molecule has 2 rings (SSSR count). The minimum Gasteiger partial charge on any atom is -0.507 e. The molecule has 21 heavy (non-hydrogen) atoms. The fraction of sp³-hybridized carbons (Fsp3) is 0.562. The van der Waals surface area contributed by atoms with Crippen LogP contribution in [-0.2, 0) is 6.54 Å². The van der Waals surface area contributed by atoms with Crippen molar-refractivity contribution in [1.82, 2.24) is 9.80 Å². The van der Waals surface area contributed by atoms with Crippen molar-refractivity contribution in [2.45, 2.75) is 26.8 Å².